The number of aliphatic carboxylic acids is 2. The molecule has 0 aromatic carbocycles. The van der Waals surface area contributed by atoms with E-state index in [-0.39, 0.29) is 36.6 Å². The molecule has 3 N–H and O–H groups in total. The number of thioether (sulfide) groups is 2. The second-order valence-electron chi connectivity index (χ2n) is 7.61. The van der Waals surface area contributed by atoms with Crippen LogP contribution in [0.3, 0.4) is 0 Å². The number of hydrogen-bond donors (Lipinski definition) is 3. The normalized spacial score (nSPS) is 19.6. The predicted molar refractivity (Wildman–Crippen MR) is 125 cm³/mol. The second-order valence-corrected chi connectivity index (χ2v) is 10.7. The number of carboxylic acids is 2. The third kappa shape index (κ3) is 4.98. The van der Waals surface area contributed by atoms with Crippen LogP contribution in [0.2, 0.25) is 0 Å². The summed E-state index contributed by atoms with van der Waals surface area (Å²) in [6, 6.07) is 2.94. The fourth-order valence-electron chi connectivity index (χ4n) is 3.65. The maximum absolute atomic E-state index is 12.8. The lowest BCUT2D eigenvalue weighted by atomic mass is 10.0. The molecule has 0 spiro atoms. The molecule has 1 saturated heterocycles. The van der Waals surface area contributed by atoms with E-state index < -0.39 is 29.3 Å². The van der Waals surface area contributed by atoms with Gasteiger partial charge in [0.1, 0.15) is 22.9 Å². The second kappa shape index (κ2) is 10.2. The fourth-order valence-corrected chi connectivity index (χ4v) is 6.77. The number of aryl methyl sites for hydroxylation is 1. The summed E-state index contributed by atoms with van der Waals surface area (Å²) in [5, 5.41) is 31.4. The third-order valence-electron chi connectivity index (χ3n) is 5.34. The summed E-state index contributed by atoms with van der Waals surface area (Å²) >= 11 is 4.14. The summed E-state index contributed by atoms with van der Waals surface area (Å²) in [5.74, 6) is -1.64. The average Bonchev–Trinajstić information content (AvgIpc) is 3.43. The first-order chi connectivity index (χ1) is 16.3. The Morgan fingerprint density at radius 1 is 1.29 bits per heavy atom. The molecule has 2 aliphatic rings. The Hall–Kier alpha value is -2.84. The van der Waals surface area contributed by atoms with Crippen LogP contribution >= 0.6 is 34.9 Å². The van der Waals surface area contributed by atoms with E-state index in [1.165, 1.54) is 39.8 Å². The van der Waals surface area contributed by atoms with Crippen LogP contribution in [-0.4, -0.2) is 76.6 Å². The first-order valence-corrected chi connectivity index (χ1v) is 13.1. The monoisotopic (exact) mass is 523 g/mol. The molecule has 2 aliphatic heterocycles. The van der Waals surface area contributed by atoms with Crippen molar-refractivity contribution in [2.45, 2.75) is 35.8 Å². The number of amides is 2. The maximum Gasteiger partial charge on any atom is 0.352 e. The molecular weight excluding hydrogens is 502 g/mol. The lowest BCUT2D eigenvalue weighted by Crippen LogP contribution is -2.70. The minimum Gasteiger partial charge on any atom is -0.481 e. The molecule has 0 aliphatic carbocycles. The van der Waals surface area contributed by atoms with Crippen LogP contribution in [0.5, 0.6) is 0 Å². The van der Waals surface area contributed by atoms with Gasteiger partial charge in [-0.25, -0.2) is 4.79 Å². The van der Waals surface area contributed by atoms with Crippen LogP contribution < -0.4 is 5.32 Å². The number of hydrogen-bond acceptors (Lipinski definition) is 9. The SMILES string of the molecule is Cn1c(CCC(=O)O)nnc1SCC1=C(C(=O)O)N2C(=O)C(NC(=O)Cc3cccs3)[C@@H]2SC1. The average molecular weight is 524 g/mol. The molecule has 14 heteroatoms. The van der Waals surface area contributed by atoms with Gasteiger partial charge in [-0.2, -0.15) is 0 Å². The lowest BCUT2D eigenvalue weighted by molar-refractivity contribution is -0.150. The van der Waals surface area contributed by atoms with Crippen LogP contribution in [0.4, 0.5) is 0 Å². The molecule has 0 saturated carbocycles. The molecule has 0 radical (unpaired) electrons. The van der Waals surface area contributed by atoms with Gasteiger partial charge in [0.2, 0.25) is 5.91 Å². The van der Waals surface area contributed by atoms with Crippen molar-refractivity contribution in [1.29, 1.82) is 0 Å². The molecule has 2 aromatic rings. The summed E-state index contributed by atoms with van der Waals surface area (Å²) in [7, 11) is 1.72. The quantitative estimate of drug-likeness (QED) is 0.303. The van der Waals surface area contributed by atoms with Crippen molar-refractivity contribution in [1.82, 2.24) is 25.0 Å². The number of fused-ring (bicyclic) bond motifs is 1. The summed E-state index contributed by atoms with van der Waals surface area (Å²) in [6.45, 7) is 0. The van der Waals surface area contributed by atoms with Gasteiger partial charge >= 0.3 is 11.9 Å². The Bertz CT molecular complexity index is 1160. The zero-order chi connectivity index (χ0) is 24.4. The predicted octanol–water partition coefficient (Wildman–Crippen LogP) is 0.967. The highest BCUT2D eigenvalue weighted by Gasteiger charge is 2.54. The van der Waals surface area contributed by atoms with E-state index in [9.17, 15) is 24.3 Å². The Labute approximate surface area is 206 Å². The molecule has 2 amide bonds. The van der Waals surface area contributed by atoms with E-state index >= 15 is 0 Å². The van der Waals surface area contributed by atoms with Crippen molar-refractivity contribution in [3.8, 4) is 0 Å². The Morgan fingerprint density at radius 3 is 2.76 bits per heavy atom. The van der Waals surface area contributed by atoms with E-state index in [1.54, 1.807) is 11.6 Å². The molecule has 180 valence electrons. The lowest BCUT2D eigenvalue weighted by Gasteiger charge is -2.49. The molecule has 4 rings (SSSR count). The van der Waals surface area contributed by atoms with Gasteiger partial charge in [0.15, 0.2) is 5.16 Å². The molecule has 1 unspecified atom stereocenters. The Morgan fingerprint density at radius 2 is 2.09 bits per heavy atom. The first-order valence-electron chi connectivity index (χ1n) is 10.2. The van der Waals surface area contributed by atoms with Gasteiger partial charge in [0, 0.05) is 29.9 Å². The molecule has 2 atom stereocenters. The number of carbonyl (C=O) groups excluding carboxylic acids is 2. The van der Waals surface area contributed by atoms with E-state index in [4.69, 9.17) is 5.11 Å². The largest absolute Gasteiger partial charge is 0.481 e. The number of aromatic nitrogens is 3. The zero-order valence-electron chi connectivity index (χ0n) is 18.0. The van der Waals surface area contributed by atoms with E-state index in [0.717, 1.165) is 4.88 Å². The fraction of sp³-hybridized carbons (Fsp3) is 0.400. The number of β-lactam (4-membered cyclic amide) rings is 1. The van der Waals surface area contributed by atoms with E-state index in [1.807, 2.05) is 17.5 Å². The van der Waals surface area contributed by atoms with E-state index in [0.29, 0.717) is 22.3 Å². The number of nitrogens with one attached hydrogen (secondary N) is 1. The number of carbonyl (C=O) groups is 4. The Kier molecular flexibility index (Phi) is 7.28. The molecule has 1 fully saturated rings. The van der Waals surface area contributed by atoms with Crippen LogP contribution in [0.25, 0.3) is 0 Å². The van der Waals surface area contributed by atoms with Gasteiger partial charge < -0.3 is 20.1 Å². The highest BCUT2D eigenvalue weighted by molar-refractivity contribution is 8.01. The van der Waals surface area contributed by atoms with Crippen LogP contribution in [0, 0.1) is 0 Å². The summed E-state index contributed by atoms with van der Waals surface area (Å²) < 4.78 is 1.68. The van der Waals surface area contributed by atoms with Gasteiger partial charge in [0.05, 0.1) is 12.8 Å². The minimum atomic E-state index is -1.20. The first kappa shape index (κ1) is 24.3. The Balaban J connectivity index is 1.41. The van der Waals surface area contributed by atoms with Crippen LogP contribution in [0.15, 0.2) is 33.9 Å². The standard InChI is InChI=1S/C20H21N5O6S3/c1-24-12(4-5-14(27)28)22-23-20(24)34-9-10-8-33-18-15(17(29)25(18)16(10)19(30)31)21-13(26)7-11-3-2-6-32-11/h2-3,6,15,18H,4-5,7-9H2,1H3,(H,21,26)(H,27,28)(H,30,31)/t15?,18-/m0/s1. The third-order valence-corrected chi connectivity index (χ3v) is 8.67. The molecule has 34 heavy (non-hydrogen) atoms. The van der Waals surface area contributed by atoms with Crippen LogP contribution in [-0.2, 0) is 39.1 Å². The van der Waals surface area contributed by atoms with Gasteiger partial charge in [-0.1, -0.05) is 17.8 Å². The number of carboxylic acid groups (broad SMARTS) is 2. The number of nitrogens with zero attached hydrogens (tertiary/aromatic N) is 4. The van der Waals surface area contributed by atoms with Crippen LogP contribution in [0.1, 0.15) is 17.1 Å². The van der Waals surface area contributed by atoms with Crippen molar-refractivity contribution < 1.29 is 29.4 Å². The smallest absolute Gasteiger partial charge is 0.352 e. The van der Waals surface area contributed by atoms with Crippen molar-refractivity contribution in [2.24, 2.45) is 7.05 Å². The molecule has 0 bridgehead atoms. The number of thiophene rings is 1. The van der Waals surface area contributed by atoms with Crippen molar-refractivity contribution in [3.63, 3.8) is 0 Å². The summed E-state index contributed by atoms with van der Waals surface area (Å²) in [4.78, 5) is 50.0. The summed E-state index contributed by atoms with van der Waals surface area (Å²) in [5.41, 5.74) is 0.517. The molecule has 4 heterocycles. The molecule has 11 nitrogen and oxygen atoms in total. The van der Waals surface area contributed by atoms with Crippen molar-refractivity contribution >= 4 is 58.6 Å². The van der Waals surface area contributed by atoms with Gasteiger partial charge in [-0.3, -0.25) is 19.3 Å². The highest BCUT2D eigenvalue weighted by Crippen LogP contribution is 2.41. The van der Waals surface area contributed by atoms with E-state index in [2.05, 4.69) is 15.5 Å². The van der Waals surface area contributed by atoms with Gasteiger partial charge in [0.25, 0.3) is 5.91 Å². The van der Waals surface area contributed by atoms with Gasteiger partial charge in [-0.15, -0.1) is 33.3 Å². The zero-order valence-corrected chi connectivity index (χ0v) is 20.4. The van der Waals surface area contributed by atoms with Gasteiger partial charge in [-0.05, 0) is 17.0 Å². The topological polar surface area (TPSA) is 155 Å². The maximum atomic E-state index is 12.8. The molecular formula is C20H21N5O6S3. The minimum absolute atomic E-state index is 0.0572. The van der Waals surface area contributed by atoms with Crippen molar-refractivity contribution in [3.05, 3.63) is 39.5 Å². The highest BCUT2D eigenvalue weighted by atomic mass is 32.2. The van der Waals surface area contributed by atoms with Crippen molar-refractivity contribution in [2.75, 3.05) is 11.5 Å². The summed E-state index contributed by atoms with van der Waals surface area (Å²) in [6.07, 6.45) is 0.349. The number of rotatable bonds is 10. The molecule has 2 aromatic heterocycles.